The summed E-state index contributed by atoms with van der Waals surface area (Å²) >= 11 is 0. The van der Waals surface area contributed by atoms with Crippen molar-refractivity contribution < 1.29 is 14.6 Å². The first-order chi connectivity index (χ1) is 15.1. The molecule has 0 saturated heterocycles. The molecule has 3 rings (SSSR count). The third-order valence-electron chi connectivity index (χ3n) is 4.95. The van der Waals surface area contributed by atoms with Crippen LogP contribution in [0.3, 0.4) is 0 Å². The van der Waals surface area contributed by atoms with Crippen LogP contribution in [0, 0.1) is 0 Å². The predicted molar refractivity (Wildman–Crippen MR) is 121 cm³/mol. The van der Waals surface area contributed by atoms with Crippen molar-refractivity contribution >= 4 is 0 Å². The molecule has 0 radical (unpaired) electrons. The zero-order valence-electron chi connectivity index (χ0n) is 18.3. The minimum absolute atomic E-state index is 0.201. The standard InChI is InChI=1S/C24H32N4O3/c1-28(16-19-6-4-3-5-7-19)17-22(29)18-31-24-12-20(8-9-23(24)30-2)13-25-11-10-21-14-26-27-15-21/h3-9,12,14-15,22,25,29H,10-11,13,16-18H2,1-2H3,(H,26,27). The molecule has 1 atom stereocenters. The molecule has 2 aromatic carbocycles. The molecular formula is C24H32N4O3. The summed E-state index contributed by atoms with van der Waals surface area (Å²) in [6.07, 6.45) is 4.06. The van der Waals surface area contributed by atoms with Gasteiger partial charge in [0.1, 0.15) is 12.7 Å². The molecule has 1 heterocycles. The van der Waals surface area contributed by atoms with E-state index >= 15 is 0 Å². The molecule has 0 saturated carbocycles. The fraction of sp³-hybridized carbons (Fsp3) is 0.375. The Morgan fingerprint density at radius 3 is 2.68 bits per heavy atom. The van der Waals surface area contributed by atoms with Gasteiger partial charge in [0.2, 0.25) is 0 Å². The molecule has 0 aliphatic carbocycles. The lowest BCUT2D eigenvalue weighted by Crippen LogP contribution is -2.32. The Kier molecular flexibility index (Phi) is 8.90. The Hall–Kier alpha value is -2.87. The average molecular weight is 425 g/mol. The number of aliphatic hydroxyl groups is 1. The van der Waals surface area contributed by atoms with Crippen molar-refractivity contribution in [2.45, 2.75) is 25.6 Å². The number of nitrogens with zero attached hydrogens (tertiary/aromatic N) is 2. The van der Waals surface area contributed by atoms with Crippen LogP contribution in [-0.4, -0.2) is 60.2 Å². The van der Waals surface area contributed by atoms with Crippen LogP contribution in [-0.2, 0) is 19.5 Å². The zero-order valence-corrected chi connectivity index (χ0v) is 18.3. The second-order valence-electron chi connectivity index (χ2n) is 7.67. The minimum atomic E-state index is -0.602. The highest BCUT2D eigenvalue weighted by atomic mass is 16.5. The normalized spacial score (nSPS) is 12.1. The van der Waals surface area contributed by atoms with Crippen molar-refractivity contribution in [1.29, 1.82) is 0 Å². The summed E-state index contributed by atoms with van der Waals surface area (Å²) in [7, 11) is 3.61. The van der Waals surface area contributed by atoms with Crippen LogP contribution >= 0.6 is 0 Å². The van der Waals surface area contributed by atoms with Gasteiger partial charge in [-0.3, -0.25) is 10.00 Å². The number of hydrogen-bond acceptors (Lipinski definition) is 6. The minimum Gasteiger partial charge on any atom is -0.493 e. The van der Waals surface area contributed by atoms with Gasteiger partial charge in [0.25, 0.3) is 0 Å². The summed E-state index contributed by atoms with van der Waals surface area (Å²) in [6, 6.07) is 16.1. The van der Waals surface area contributed by atoms with Gasteiger partial charge in [-0.2, -0.15) is 5.10 Å². The van der Waals surface area contributed by atoms with Gasteiger partial charge < -0.3 is 19.9 Å². The summed E-state index contributed by atoms with van der Waals surface area (Å²) in [5, 5.41) is 20.6. The van der Waals surface area contributed by atoms with Crippen molar-refractivity contribution in [3.05, 3.63) is 77.6 Å². The number of nitrogens with one attached hydrogen (secondary N) is 2. The van der Waals surface area contributed by atoms with E-state index in [2.05, 4.69) is 32.5 Å². The molecule has 1 unspecified atom stereocenters. The van der Waals surface area contributed by atoms with Crippen LogP contribution in [0.4, 0.5) is 0 Å². The van der Waals surface area contributed by atoms with E-state index in [1.54, 1.807) is 7.11 Å². The molecule has 0 bridgehead atoms. The molecule has 166 valence electrons. The first-order valence-electron chi connectivity index (χ1n) is 10.5. The van der Waals surface area contributed by atoms with Gasteiger partial charge in [-0.1, -0.05) is 36.4 Å². The molecular weight excluding hydrogens is 392 g/mol. The lowest BCUT2D eigenvalue weighted by atomic mass is 10.2. The monoisotopic (exact) mass is 424 g/mol. The van der Waals surface area contributed by atoms with Crippen LogP contribution in [0.5, 0.6) is 11.5 Å². The summed E-state index contributed by atoms with van der Waals surface area (Å²) in [5.74, 6) is 1.30. The molecule has 0 spiro atoms. The maximum absolute atomic E-state index is 10.4. The van der Waals surface area contributed by atoms with E-state index in [0.717, 1.165) is 31.6 Å². The Labute approximate surface area is 184 Å². The number of rotatable bonds is 13. The van der Waals surface area contributed by atoms with Crippen molar-refractivity contribution in [3.8, 4) is 11.5 Å². The first-order valence-corrected chi connectivity index (χ1v) is 10.5. The molecule has 0 amide bonds. The number of aromatic nitrogens is 2. The van der Waals surface area contributed by atoms with E-state index < -0.39 is 6.10 Å². The number of methoxy groups -OCH3 is 1. The third-order valence-corrected chi connectivity index (χ3v) is 4.95. The van der Waals surface area contributed by atoms with Crippen molar-refractivity contribution in [2.24, 2.45) is 0 Å². The highest BCUT2D eigenvalue weighted by Gasteiger charge is 2.12. The summed E-state index contributed by atoms with van der Waals surface area (Å²) in [4.78, 5) is 2.08. The molecule has 0 aliphatic rings. The van der Waals surface area contributed by atoms with Crippen molar-refractivity contribution in [3.63, 3.8) is 0 Å². The van der Waals surface area contributed by atoms with Gasteiger partial charge in [0, 0.05) is 25.8 Å². The summed E-state index contributed by atoms with van der Waals surface area (Å²) in [6.45, 7) is 3.08. The summed E-state index contributed by atoms with van der Waals surface area (Å²) < 4.78 is 11.3. The van der Waals surface area contributed by atoms with E-state index in [9.17, 15) is 5.11 Å². The van der Waals surface area contributed by atoms with Crippen LogP contribution < -0.4 is 14.8 Å². The molecule has 3 N–H and O–H groups in total. The van der Waals surface area contributed by atoms with E-state index in [1.807, 2.05) is 55.8 Å². The first kappa shape index (κ1) is 22.8. The second kappa shape index (κ2) is 12.1. The number of hydrogen-bond donors (Lipinski definition) is 3. The lowest BCUT2D eigenvalue weighted by Gasteiger charge is -2.21. The smallest absolute Gasteiger partial charge is 0.161 e. The number of benzene rings is 2. The van der Waals surface area contributed by atoms with Crippen LogP contribution in [0.2, 0.25) is 0 Å². The molecule has 7 nitrogen and oxygen atoms in total. The molecule has 7 heteroatoms. The largest absolute Gasteiger partial charge is 0.493 e. The Morgan fingerprint density at radius 2 is 1.94 bits per heavy atom. The molecule has 0 aliphatic heterocycles. The van der Waals surface area contributed by atoms with Gasteiger partial charge in [-0.05, 0) is 48.8 Å². The number of likely N-dealkylation sites (N-methyl/N-ethyl adjacent to an activating group) is 1. The SMILES string of the molecule is COc1ccc(CNCCc2cn[nH]c2)cc1OCC(O)CN(C)Cc1ccccc1. The highest BCUT2D eigenvalue weighted by Crippen LogP contribution is 2.28. The Balaban J connectivity index is 1.45. The molecule has 1 aromatic heterocycles. The van der Waals surface area contributed by atoms with Crippen LogP contribution in [0.1, 0.15) is 16.7 Å². The quantitative estimate of drug-likeness (QED) is 0.366. The third kappa shape index (κ3) is 7.71. The number of H-pyrrole nitrogens is 1. The van der Waals surface area contributed by atoms with E-state index in [-0.39, 0.29) is 6.61 Å². The van der Waals surface area contributed by atoms with Gasteiger partial charge in [0.05, 0.1) is 13.3 Å². The zero-order chi connectivity index (χ0) is 21.9. The van der Waals surface area contributed by atoms with Crippen molar-refractivity contribution in [1.82, 2.24) is 20.4 Å². The van der Waals surface area contributed by atoms with E-state index in [1.165, 1.54) is 11.1 Å². The van der Waals surface area contributed by atoms with Crippen LogP contribution in [0.15, 0.2) is 60.9 Å². The predicted octanol–water partition coefficient (Wildman–Crippen LogP) is 2.62. The van der Waals surface area contributed by atoms with Gasteiger partial charge >= 0.3 is 0 Å². The number of aliphatic hydroxyl groups excluding tert-OH is 1. The van der Waals surface area contributed by atoms with Gasteiger partial charge in [0.15, 0.2) is 11.5 Å². The lowest BCUT2D eigenvalue weighted by molar-refractivity contribution is 0.0732. The van der Waals surface area contributed by atoms with E-state index in [0.29, 0.717) is 18.0 Å². The molecule has 3 aromatic rings. The average Bonchev–Trinajstić information content (AvgIpc) is 3.29. The number of aromatic amines is 1. The maximum Gasteiger partial charge on any atom is 0.161 e. The van der Waals surface area contributed by atoms with Crippen molar-refractivity contribution in [2.75, 3.05) is 33.9 Å². The van der Waals surface area contributed by atoms with Gasteiger partial charge in [-0.25, -0.2) is 0 Å². The topological polar surface area (TPSA) is 82.6 Å². The highest BCUT2D eigenvalue weighted by molar-refractivity contribution is 5.43. The molecule has 31 heavy (non-hydrogen) atoms. The fourth-order valence-corrected chi connectivity index (χ4v) is 3.38. The van der Waals surface area contributed by atoms with E-state index in [4.69, 9.17) is 9.47 Å². The Bertz CT molecular complexity index is 887. The second-order valence-corrected chi connectivity index (χ2v) is 7.67. The summed E-state index contributed by atoms with van der Waals surface area (Å²) in [5.41, 5.74) is 3.49. The molecule has 0 fully saturated rings. The Morgan fingerprint density at radius 1 is 1.10 bits per heavy atom. The maximum atomic E-state index is 10.4. The van der Waals surface area contributed by atoms with Gasteiger partial charge in [-0.15, -0.1) is 0 Å². The van der Waals surface area contributed by atoms with Crippen LogP contribution in [0.25, 0.3) is 0 Å². The fourth-order valence-electron chi connectivity index (χ4n) is 3.38. The number of ether oxygens (including phenoxy) is 2.